The van der Waals surface area contributed by atoms with Gasteiger partial charge in [0.1, 0.15) is 0 Å². The number of benzene rings is 2. The van der Waals surface area contributed by atoms with E-state index in [9.17, 15) is 24.5 Å². The molecule has 2 fully saturated rings. The Morgan fingerprint density at radius 1 is 1.08 bits per heavy atom. The highest BCUT2D eigenvalue weighted by Crippen LogP contribution is 2.49. The second-order valence-corrected chi connectivity index (χ2v) is 10.1. The molecule has 0 bridgehead atoms. The van der Waals surface area contributed by atoms with Gasteiger partial charge in [0, 0.05) is 30.8 Å². The van der Waals surface area contributed by atoms with Crippen molar-refractivity contribution < 1.29 is 24.0 Å². The van der Waals surface area contributed by atoms with Crippen molar-refractivity contribution in [2.45, 2.75) is 59.3 Å². The van der Waals surface area contributed by atoms with Gasteiger partial charge in [-0.15, -0.1) is 0 Å². The quantitative estimate of drug-likeness (QED) is 0.388. The lowest BCUT2D eigenvalue weighted by molar-refractivity contribution is -0.384. The molecule has 2 aromatic carbocycles. The Bertz CT molecular complexity index is 1320. The molecular formula is C26H28N4O6. The minimum atomic E-state index is -1.72. The number of anilines is 2. The van der Waals surface area contributed by atoms with Gasteiger partial charge in [-0.05, 0) is 57.4 Å². The van der Waals surface area contributed by atoms with E-state index in [-0.39, 0.29) is 18.2 Å². The largest absolute Gasteiger partial charge is 0.372 e. The first-order valence-corrected chi connectivity index (χ1v) is 11.9. The van der Waals surface area contributed by atoms with E-state index in [0.29, 0.717) is 17.8 Å². The standard InChI is InChI=1S/C26H28N4O6/c1-13-8-14(2)21(15(3)9-13)29-24(32)26(23(31)27-25(29)33)11-18-10-19(30(34)35)6-7-20(18)28-12-16(4)36-17(5)22(26)28/h6-10,16-17,22H,11-12H2,1-5H3,(H,27,31,33)/t16-,17-,22-,26+/m0/s1. The highest BCUT2D eigenvalue weighted by Gasteiger charge is 2.65. The first-order chi connectivity index (χ1) is 17.0. The maximum atomic E-state index is 14.5. The van der Waals surface area contributed by atoms with Gasteiger partial charge in [0.2, 0.25) is 5.91 Å². The van der Waals surface area contributed by atoms with E-state index in [1.807, 2.05) is 51.7 Å². The molecule has 0 radical (unpaired) electrons. The molecule has 2 saturated heterocycles. The number of morpholine rings is 1. The Balaban J connectivity index is 1.73. The predicted octanol–water partition coefficient (Wildman–Crippen LogP) is 3.33. The smallest absolute Gasteiger partial charge is 0.335 e. The molecule has 0 saturated carbocycles. The minimum absolute atomic E-state index is 0.0916. The maximum absolute atomic E-state index is 14.5. The number of nitrogens with zero attached hydrogens (tertiary/aromatic N) is 3. The van der Waals surface area contributed by atoms with Crippen LogP contribution in [-0.4, -0.2) is 47.6 Å². The number of ether oxygens (including phenoxy) is 1. The topological polar surface area (TPSA) is 122 Å². The zero-order chi connectivity index (χ0) is 26.1. The molecule has 1 N–H and O–H groups in total. The van der Waals surface area contributed by atoms with Gasteiger partial charge < -0.3 is 9.64 Å². The van der Waals surface area contributed by atoms with Crippen LogP contribution >= 0.6 is 0 Å². The molecule has 2 aromatic rings. The summed E-state index contributed by atoms with van der Waals surface area (Å²) in [5.74, 6) is -1.36. The molecule has 10 nitrogen and oxygen atoms in total. The number of rotatable bonds is 2. The van der Waals surface area contributed by atoms with E-state index in [1.165, 1.54) is 12.1 Å². The van der Waals surface area contributed by atoms with Gasteiger partial charge in [-0.3, -0.25) is 25.0 Å². The highest BCUT2D eigenvalue weighted by molar-refractivity contribution is 6.31. The van der Waals surface area contributed by atoms with E-state index in [4.69, 9.17) is 4.74 Å². The minimum Gasteiger partial charge on any atom is -0.372 e. The third kappa shape index (κ3) is 3.31. The number of nitro benzene ring substituents is 1. The van der Waals surface area contributed by atoms with Crippen LogP contribution in [0.2, 0.25) is 0 Å². The first kappa shape index (κ1) is 23.9. The zero-order valence-corrected chi connectivity index (χ0v) is 20.8. The summed E-state index contributed by atoms with van der Waals surface area (Å²) < 4.78 is 6.10. The molecule has 3 heterocycles. The summed E-state index contributed by atoms with van der Waals surface area (Å²) in [4.78, 5) is 55.4. The van der Waals surface area contributed by atoms with Crippen molar-refractivity contribution in [2.75, 3.05) is 16.3 Å². The maximum Gasteiger partial charge on any atom is 0.335 e. The van der Waals surface area contributed by atoms with E-state index in [1.54, 1.807) is 6.07 Å². The van der Waals surface area contributed by atoms with Gasteiger partial charge in [0.15, 0.2) is 5.41 Å². The third-order valence-electron chi connectivity index (χ3n) is 7.51. The number of imide groups is 2. The SMILES string of the molecule is Cc1cc(C)c(N2C(=O)NC(=O)[C@]3(Cc4cc([N+](=O)[O-])ccc4N4C[C@H](C)O[C@@H](C)[C@H]43)C2=O)c(C)c1. The lowest BCUT2D eigenvalue weighted by Gasteiger charge is -2.56. The lowest BCUT2D eigenvalue weighted by atomic mass is 9.66. The van der Waals surface area contributed by atoms with E-state index in [0.717, 1.165) is 27.3 Å². The second kappa shape index (κ2) is 8.12. The summed E-state index contributed by atoms with van der Waals surface area (Å²) >= 11 is 0. The van der Waals surface area contributed by atoms with Crippen molar-refractivity contribution >= 4 is 34.9 Å². The van der Waals surface area contributed by atoms with Gasteiger partial charge in [0.05, 0.1) is 28.9 Å². The van der Waals surface area contributed by atoms with Crippen molar-refractivity contribution in [1.29, 1.82) is 0 Å². The molecule has 3 aliphatic rings. The predicted molar refractivity (Wildman–Crippen MR) is 132 cm³/mol. The summed E-state index contributed by atoms with van der Waals surface area (Å²) in [6.45, 7) is 9.67. The zero-order valence-electron chi connectivity index (χ0n) is 20.8. The first-order valence-electron chi connectivity index (χ1n) is 11.9. The molecule has 5 rings (SSSR count). The highest BCUT2D eigenvalue weighted by atomic mass is 16.6. The number of amides is 4. The summed E-state index contributed by atoms with van der Waals surface area (Å²) in [6, 6.07) is 6.76. The van der Waals surface area contributed by atoms with Crippen LogP contribution in [0, 0.1) is 36.3 Å². The normalized spacial score (nSPS) is 27.6. The summed E-state index contributed by atoms with van der Waals surface area (Å²) in [5.41, 5.74) is 2.26. The average Bonchev–Trinajstić information content (AvgIpc) is 2.78. The van der Waals surface area contributed by atoms with Crippen LogP contribution in [-0.2, 0) is 20.7 Å². The number of hydrogen-bond donors (Lipinski definition) is 1. The van der Waals surface area contributed by atoms with Crippen LogP contribution < -0.4 is 15.1 Å². The van der Waals surface area contributed by atoms with E-state index in [2.05, 4.69) is 5.32 Å². The van der Waals surface area contributed by atoms with Crippen LogP contribution in [0.1, 0.15) is 36.1 Å². The van der Waals surface area contributed by atoms with Gasteiger partial charge >= 0.3 is 6.03 Å². The van der Waals surface area contributed by atoms with Crippen molar-refractivity contribution in [3.8, 4) is 0 Å². The molecule has 0 unspecified atom stereocenters. The summed E-state index contributed by atoms with van der Waals surface area (Å²) in [6.07, 6.45) is -0.816. The average molecular weight is 493 g/mol. The van der Waals surface area contributed by atoms with Crippen molar-refractivity contribution in [3.63, 3.8) is 0 Å². The van der Waals surface area contributed by atoms with Crippen LogP contribution in [0.3, 0.4) is 0 Å². The Morgan fingerprint density at radius 2 is 1.75 bits per heavy atom. The monoisotopic (exact) mass is 492 g/mol. The molecule has 10 heteroatoms. The molecular weight excluding hydrogens is 464 g/mol. The van der Waals surface area contributed by atoms with E-state index < -0.39 is 40.3 Å². The molecule has 1 spiro atoms. The lowest BCUT2D eigenvalue weighted by Crippen LogP contribution is -2.76. The summed E-state index contributed by atoms with van der Waals surface area (Å²) in [7, 11) is 0. The van der Waals surface area contributed by atoms with Crippen LogP contribution in [0.5, 0.6) is 0 Å². The van der Waals surface area contributed by atoms with Gasteiger partial charge in [-0.25, -0.2) is 9.69 Å². The van der Waals surface area contributed by atoms with E-state index >= 15 is 0 Å². The molecule has 3 aliphatic heterocycles. The van der Waals surface area contributed by atoms with Gasteiger partial charge in [-0.1, -0.05) is 17.7 Å². The van der Waals surface area contributed by atoms with Crippen molar-refractivity contribution in [2.24, 2.45) is 5.41 Å². The number of fused-ring (bicyclic) bond motifs is 4. The third-order valence-corrected chi connectivity index (χ3v) is 7.51. The molecule has 0 aromatic heterocycles. The molecule has 188 valence electrons. The second-order valence-electron chi connectivity index (χ2n) is 10.1. The summed E-state index contributed by atoms with van der Waals surface area (Å²) in [5, 5.41) is 14.0. The number of carbonyl (C=O) groups is 3. The number of carbonyl (C=O) groups excluding carboxylic acids is 3. The fourth-order valence-corrected chi connectivity index (χ4v) is 6.35. The Morgan fingerprint density at radius 3 is 2.39 bits per heavy atom. The van der Waals surface area contributed by atoms with Crippen LogP contribution in [0.25, 0.3) is 0 Å². The number of aryl methyl sites for hydroxylation is 3. The fraction of sp³-hybridized carbons (Fsp3) is 0.423. The fourth-order valence-electron chi connectivity index (χ4n) is 6.35. The Labute approximate surface area is 208 Å². The number of nitro groups is 1. The van der Waals surface area contributed by atoms with Crippen molar-refractivity contribution in [1.82, 2.24) is 5.32 Å². The Kier molecular flexibility index (Phi) is 5.40. The number of nitrogens with one attached hydrogen (secondary N) is 1. The molecule has 4 amide bonds. The molecule has 36 heavy (non-hydrogen) atoms. The number of non-ortho nitro benzene ring substituents is 1. The van der Waals surface area contributed by atoms with Crippen molar-refractivity contribution in [3.05, 3.63) is 62.7 Å². The Hall–Kier alpha value is -3.79. The number of barbiturate groups is 1. The molecule has 4 atom stereocenters. The molecule has 0 aliphatic carbocycles. The number of urea groups is 1. The van der Waals surface area contributed by atoms with Gasteiger partial charge in [0.25, 0.3) is 11.6 Å². The van der Waals surface area contributed by atoms with Gasteiger partial charge in [-0.2, -0.15) is 0 Å². The van der Waals surface area contributed by atoms with Crippen LogP contribution in [0.4, 0.5) is 21.9 Å². The van der Waals surface area contributed by atoms with Crippen LogP contribution in [0.15, 0.2) is 30.3 Å². The number of hydrogen-bond acceptors (Lipinski definition) is 7.